The molecule has 0 N–H and O–H groups in total. The molecule has 0 atom stereocenters. The van der Waals surface area contributed by atoms with Gasteiger partial charge in [-0.15, -0.1) is 0 Å². The molecule has 0 amide bonds. The zero-order chi connectivity index (χ0) is 17.7. The summed E-state index contributed by atoms with van der Waals surface area (Å²) in [4.78, 5) is 12.0. The van der Waals surface area contributed by atoms with E-state index in [-0.39, 0.29) is 24.0 Å². The van der Waals surface area contributed by atoms with Crippen LogP contribution in [0.4, 0.5) is 4.39 Å². The van der Waals surface area contributed by atoms with Crippen LogP contribution >= 0.6 is 0 Å². The molecule has 4 rings (SSSR count). The number of fused-ring (bicyclic) bond motifs is 2. The number of hydrogen-bond acceptors (Lipinski definition) is 4. The van der Waals surface area contributed by atoms with E-state index >= 15 is 0 Å². The van der Waals surface area contributed by atoms with Crippen molar-refractivity contribution in [3.8, 4) is 0 Å². The van der Waals surface area contributed by atoms with Crippen molar-refractivity contribution in [1.29, 1.82) is 0 Å². The van der Waals surface area contributed by atoms with Crippen LogP contribution in [0.1, 0.15) is 28.8 Å². The predicted octanol–water partition coefficient (Wildman–Crippen LogP) is 2.68. The monoisotopic (exact) mass is 361 g/mol. The number of carbonyl (C=O) groups excluding carboxylic acids is 1. The summed E-state index contributed by atoms with van der Waals surface area (Å²) in [6, 6.07) is 12.2. The predicted molar refractivity (Wildman–Crippen MR) is 87.9 cm³/mol. The Morgan fingerprint density at radius 2 is 1.76 bits per heavy atom. The minimum absolute atomic E-state index is 0.0627. The lowest BCUT2D eigenvalue weighted by Gasteiger charge is -2.37. The molecular formula is C18H16FNO4S. The second-order valence-corrected chi connectivity index (χ2v) is 8.23. The molecule has 0 aromatic heterocycles. The molecule has 7 heteroatoms. The Labute approximate surface area is 145 Å². The van der Waals surface area contributed by atoms with Crippen LogP contribution in [0.3, 0.4) is 0 Å². The van der Waals surface area contributed by atoms with E-state index in [0.717, 1.165) is 11.6 Å². The third kappa shape index (κ3) is 2.54. The third-order valence-electron chi connectivity index (χ3n) is 4.89. The molecule has 130 valence electrons. The SMILES string of the molecule is O=C1OC2(CCN(S(=O)(=O)c3cccc(F)c3)CC2)c2ccccc21. The van der Waals surface area contributed by atoms with Gasteiger partial charge in [0.2, 0.25) is 10.0 Å². The second-order valence-electron chi connectivity index (χ2n) is 6.29. The van der Waals surface area contributed by atoms with Gasteiger partial charge >= 0.3 is 5.97 Å². The van der Waals surface area contributed by atoms with E-state index < -0.39 is 21.4 Å². The van der Waals surface area contributed by atoms with Gasteiger partial charge in [0.05, 0.1) is 10.5 Å². The molecule has 2 aliphatic heterocycles. The fourth-order valence-corrected chi connectivity index (χ4v) is 5.05. The number of nitrogens with zero attached hydrogens (tertiary/aromatic N) is 1. The number of carbonyl (C=O) groups is 1. The molecule has 0 bridgehead atoms. The molecule has 1 spiro atoms. The van der Waals surface area contributed by atoms with E-state index in [1.807, 2.05) is 12.1 Å². The van der Waals surface area contributed by atoms with Crippen LogP contribution in [0.2, 0.25) is 0 Å². The van der Waals surface area contributed by atoms with E-state index in [4.69, 9.17) is 4.74 Å². The molecule has 0 saturated carbocycles. The van der Waals surface area contributed by atoms with Gasteiger partial charge in [-0.05, 0) is 24.3 Å². The maximum atomic E-state index is 13.4. The number of sulfonamides is 1. The van der Waals surface area contributed by atoms with Crippen LogP contribution in [0.25, 0.3) is 0 Å². The van der Waals surface area contributed by atoms with Gasteiger partial charge in [-0.2, -0.15) is 4.31 Å². The molecule has 2 aromatic rings. The fourth-order valence-electron chi connectivity index (χ4n) is 3.58. The van der Waals surface area contributed by atoms with Crippen molar-refractivity contribution in [2.75, 3.05) is 13.1 Å². The highest BCUT2D eigenvalue weighted by Gasteiger charge is 2.48. The lowest BCUT2D eigenvalue weighted by molar-refractivity contribution is -0.0329. The zero-order valence-electron chi connectivity index (χ0n) is 13.3. The topological polar surface area (TPSA) is 63.7 Å². The first kappa shape index (κ1) is 16.2. The number of ether oxygens (including phenoxy) is 1. The van der Waals surface area contributed by atoms with Crippen LogP contribution in [0, 0.1) is 5.82 Å². The lowest BCUT2D eigenvalue weighted by atomic mass is 9.84. The molecule has 2 aliphatic rings. The smallest absolute Gasteiger partial charge is 0.339 e. The first-order valence-electron chi connectivity index (χ1n) is 8.01. The minimum atomic E-state index is -3.77. The quantitative estimate of drug-likeness (QED) is 0.772. The van der Waals surface area contributed by atoms with Crippen molar-refractivity contribution >= 4 is 16.0 Å². The average Bonchev–Trinajstić information content (AvgIpc) is 2.88. The number of benzene rings is 2. The van der Waals surface area contributed by atoms with Crippen molar-refractivity contribution in [3.63, 3.8) is 0 Å². The summed E-state index contributed by atoms with van der Waals surface area (Å²) < 4.78 is 45.7. The standard InChI is InChI=1S/C18H16FNO4S/c19-13-4-3-5-14(12-13)25(22,23)20-10-8-18(9-11-20)16-7-2-1-6-15(16)17(21)24-18/h1-7,12H,8-11H2. The Kier molecular flexibility index (Phi) is 3.66. The molecular weight excluding hydrogens is 345 g/mol. The first-order valence-corrected chi connectivity index (χ1v) is 9.45. The maximum absolute atomic E-state index is 13.4. The average molecular weight is 361 g/mol. The number of hydrogen-bond donors (Lipinski definition) is 0. The van der Waals surface area contributed by atoms with Gasteiger partial charge < -0.3 is 4.74 Å². The van der Waals surface area contributed by atoms with Crippen molar-refractivity contribution < 1.29 is 22.3 Å². The van der Waals surface area contributed by atoms with Gasteiger partial charge in [-0.25, -0.2) is 17.6 Å². The first-order chi connectivity index (χ1) is 11.9. The number of halogens is 1. The van der Waals surface area contributed by atoms with Crippen LogP contribution in [-0.2, 0) is 20.4 Å². The van der Waals surface area contributed by atoms with Gasteiger partial charge in [-0.3, -0.25) is 0 Å². The van der Waals surface area contributed by atoms with E-state index in [0.29, 0.717) is 18.4 Å². The van der Waals surface area contributed by atoms with Crippen molar-refractivity contribution in [2.24, 2.45) is 0 Å². The van der Waals surface area contributed by atoms with Crippen molar-refractivity contribution in [3.05, 3.63) is 65.5 Å². The van der Waals surface area contributed by atoms with Crippen LogP contribution in [0.15, 0.2) is 53.4 Å². The van der Waals surface area contributed by atoms with Crippen LogP contribution in [0.5, 0.6) is 0 Å². The van der Waals surface area contributed by atoms with Gasteiger partial charge in [0.15, 0.2) is 0 Å². The Balaban J connectivity index is 1.60. The summed E-state index contributed by atoms with van der Waals surface area (Å²) in [6.45, 7) is 0.418. The Morgan fingerprint density at radius 3 is 2.48 bits per heavy atom. The van der Waals surface area contributed by atoms with Gasteiger partial charge in [0, 0.05) is 31.5 Å². The highest BCUT2D eigenvalue weighted by molar-refractivity contribution is 7.89. The largest absolute Gasteiger partial charge is 0.450 e. The summed E-state index contributed by atoms with van der Waals surface area (Å²) in [5.41, 5.74) is 0.605. The molecule has 0 radical (unpaired) electrons. The normalized spacial score (nSPS) is 19.6. The molecule has 1 fully saturated rings. The van der Waals surface area contributed by atoms with E-state index in [9.17, 15) is 17.6 Å². The highest BCUT2D eigenvalue weighted by Crippen LogP contribution is 2.44. The summed E-state index contributed by atoms with van der Waals surface area (Å²) in [5, 5.41) is 0. The molecule has 2 heterocycles. The number of rotatable bonds is 2. The lowest BCUT2D eigenvalue weighted by Crippen LogP contribution is -2.45. The number of esters is 1. The summed E-state index contributed by atoms with van der Waals surface area (Å²) in [5.74, 6) is -0.953. The Bertz CT molecular complexity index is 949. The molecule has 2 aromatic carbocycles. The second kappa shape index (κ2) is 5.64. The summed E-state index contributed by atoms with van der Waals surface area (Å²) >= 11 is 0. The van der Waals surface area contributed by atoms with E-state index in [2.05, 4.69) is 0 Å². The maximum Gasteiger partial charge on any atom is 0.339 e. The Morgan fingerprint density at radius 1 is 1.04 bits per heavy atom. The van der Waals surface area contributed by atoms with Gasteiger partial charge in [0.25, 0.3) is 0 Å². The summed E-state index contributed by atoms with van der Waals surface area (Å²) in [7, 11) is -3.77. The summed E-state index contributed by atoms with van der Waals surface area (Å²) in [6.07, 6.45) is 0.759. The molecule has 0 aliphatic carbocycles. The minimum Gasteiger partial charge on any atom is -0.450 e. The third-order valence-corrected chi connectivity index (χ3v) is 6.78. The molecule has 0 unspecified atom stereocenters. The zero-order valence-corrected chi connectivity index (χ0v) is 14.1. The van der Waals surface area contributed by atoms with Crippen molar-refractivity contribution in [2.45, 2.75) is 23.3 Å². The highest BCUT2D eigenvalue weighted by atomic mass is 32.2. The van der Waals surface area contributed by atoms with Crippen LogP contribution < -0.4 is 0 Å². The van der Waals surface area contributed by atoms with Crippen LogP contribution in [-0.4, -0.2) is 31.8 Å². The van der Waals surface area contributed by atoms with E-state index in [1.54, 1.807) is 12.1 Å². The number of piperidine rings is 1. The Hall–Kier alpha value is -2.25. The van der Waals surface area contributed by atoms with Crippen molar-refractivity contribution in [1.82, 2.24) is 4.31 Å². The molecule has 5 nitrogen and oxygen atoms in total. The van der Waals surface area contributed by atoms with E-state index in [1.165, 1.54) is 22.5 Å². The fraction of sp³-hybridized carbons (Fsp3) is 0.278. The van der Waals surface area contributed by atoms with Gasteiger partial charge in [0.1, 0.15) is 11.4 Å². The molecule has 25 heavy (non-hydrogen) atoms. The molecule has 1 saturated heterocycles. The van der Waals surface area contributed by atoms with Gasteiger partial charge in [-0.1, -0.05) is 24.3 Å².